The van der Waals surface area contributed by atoms with Gasteiger partial charge in [0.1, 0.15) is 17.4 Å². The zero-order chi connectivity index (χ0) is 17.4. The van der Waals surface area contributed by atoms with Gasteiger partial charge in [-0.15, -0.1) is 0 Å². The van der Waals surface area contributed by atoms with Crippen molar-refractivity contribution in [3.8, 4) is 17.1 Å². The molecule has 5 nitrogen and oxygen atoms in total. The van der Waals surface area contributed by atoms with Crippen LogP contribution < -0.4 is 4.90 Å². The number of fused-ring (bicyclic) bond motifs is 1. The maximum absolute atomic E-state index is 11.6. The highest BCUT2D eigenvalue weighted by molar-refractivity contribution is 5.81. The first kappa shape index (κ1) is 16.1. The molecule has 1 aromatic carbocycles. The van der Waals surface area contributed by atoms with Crippen LogP contribution in [-0.2, 0) is 17.6 Å². The fourth-order valence-electron chi connectivity index (χ4n) is 3.78. The third-order valence-electron chi connectivity index (χ3n) is 5.27. The van der Waals surface area contributed by atoms with E-state index in [0.29, 0.717) is 35.9 Å². The Morgan fingerprint density at radius 1 is 1.12 bits per heavy atom. The summed E-state index contributed by atoms with van der Waals surface area (Å²) in [6.07, 6.45) is 4.24. The number of benzene rings is 1. The average molecular weight is 337 g/mol. The van der Waals surface area contributed by atoms with E-state index in [1.165, 1.54) is 5.56 Å². The molecule has 2 aliphatic rings. The highest BCUT2D eigenvalue weighted by Gasteiger charge is 2.27. The predicted molar refractivity (Wildman–Crippen MR) is 96.8 cm³/mol. The number of aromatic hydroxyl groups is 1. The molecule has 0 spiro atoms. The summed E-state index contributed by atoms with van der Waals surface area (Å²) >= 11 is 0. The van der Waals surface area contributed by atoms with Crippen molar-refractivity contribution < 1.29 is 9.90 Å². The first-order chi connectivity index (χ1) is 12.1. The number of rotatable bonds is 2. The molecule has 1 unspecified atom stereocenters. The summed E-state index contributed by atoms with van der Waals surface area (Å²) in [5.41, 5.74) is 2.99. The molecule has 1 N–H and O–H groups in total. The summed E-state index contributed by atoms with van der Waals surface area (Å²) in [4.78, 5) is 23.5. The monoisotopic (exact) mass is 337 g/mol. The van der Waals surface area contributed by atoms with Gasteiger partial charge in [0.25, 0.3) is 0 Å². The molecular formula is C20H23N3O2. The number of piperidine rings is 1. The van der Waals surface area contributed by atoms with Crippen molar-refractivity contribution in [3.05, 3.63) is 35.5 Å². The van der Waals surface area contributed by atoms with Crippen LogP contribution in [0.2, 0.25) is 0 Å². The minimum Gasteiger partial charge on any atom is -0.507 e. The molecule has 130 valence electrons. The minimum atomic E-state index is 0.200. The Hall–Kier alpha value is -2.43. The van der Waals surface area contributed by atoms with Crippen LogP contribution in [0.25, 0.3) is 11.4 Å². The molecule has 4 rings (SSSR count). The lowest BCUT2D eigenvalue weighted by molar-refractivity contribution is -0.119. The van der Waals surface area contributed by atoms with E-state index in [1.54, 1.807) is 12.1 Å². The molecular weight excluding hydrogens is 314 g/mol. The number of hydrogen-bond acceptors (Lipinski definition) is 5. The van der Waals surface area contributed by atoms with Crippen molar-refractivity contribution in [2.45, 2.75) is 39.0 Å². The SMILES string of the molecule is CC1CCc2c(nc(-c3ccccc3O)nc2N2CCC(=O)CC2)C1. The molecule has 2 heterocycles. The number of carbonyl (C=O) groups excluding carboxylic acids is 1. The maximum atomic E-state index is 11.6. The lowest BCUT2D eigenvalue weighted by Gasteiger charge is -2.32. The smallest absolute Gasteiger partial charge is 0.165 e. The molecule has 25 heavy (non-hydrogen) atoms. The van der Waals surface area contributed by atoms with Crippen molar-refractivity contribution >= 4 is 11.6 Å². The fraction of sp³-hybridized carbons (Fsp3) is 0.450. The second-order valence-electron chi connectivity index (χ2n) is 7.19. The highest BCUT2D eigenvalue weighted by Crippen LogP contribution is 2.35. The topological polar surface area (TPSA) is 66.3 Å². The fourth-order valence-corrected chi connectivity index (χ4v) is 3.78. The summed E-state index contributed by atoms with van der Waals surface area (Å²) in [6, 6.07) is 7.21. The van der Waals surface area contributed by atoms with Gasteiger partial charge in [0.15, 0.2) is 5.82 Å². The van der Waals surface area contributed by atoms with Crippen LogP contribution in [0.5, 0.6) is 5.75 Å². The summed E-state index contributed by atoms with van der Waals surface area (Å²) in [5, 5.41) is 10.2. The van der Waals surface area contributed by atoms with E-state index >= 15 is 0 Å². The normalized spacial score (nSPS) is 20.4. The minimum absolute atomic E-state index is 0.200. The van der Waals surface area contributed by atoms with Gasteiger partial charge in [-0.1, -0.05) is 19.1 Å². The Labute approximate surface area is 147 Å². The molecule has 1 aliphatic carbocycles. The van der Waals surface area contributed by atoms with Crippen molar-refractivity contribution in [2.24, 2.45) is 5.92 Å². The number of anilines is 1. The Bertz CT molecular complexity index is 809. The highest BCUT2D eigenvalue weighted by atomic mass is 16.3. The molecule has 0 amide bonds. The zero-order valence-electron chi connectivity index (χ0n) is 14.5. The first-order valence-corrected chi connectivity index (χ1v) is 9.06. The Morgan fingerprint density at radius 3 is 2.64 bits per heavy atom. The predicted octanol–water partition coefficient (Wildman–Crippen LogP) is 3.14. The number of para-hydroxylation sites is 1. The van der Waals surface area contributed by atoms with Crippen LogP contribution >= 0.6 is 0 Å². The molecule has 1 aromatic heterocycles. The van der Waals surface area contributed by atoms with Gasteiger partial charge >= 0.3 is 0 Å². The third kappa shape index (κ3) is 3.11. The van der Waals surface area contributed by atoms with Gasteiger partial charge in [-0.25, -0.2) is 9.97 Å². The van der Waals surface area contributed by atoms with Crippen molar-refractivity contribution in [1.82, 2.24) is 9.97 Å². The number of carbonyl (C=O) groups is 1. The lowest BCUT2D eigenvalue weighted by atomic mass is 9.88. The molecule has 2 aromatic rings. The summed E-state index contributed by atoms with van der Waals surface area (Å²) in [7, 11) is 0. The van der Waals surface area contributed by atoms with Crippen LogP contribution in [0.4, 0.5) is 5.82 Å². The Kier molecular flexibility index (Phi) is 4.15. The molecule has 0 saturated carbocycles. The van der Waals surface area contributed by atoms with Crippen LogP contribution in [0.1, 0.15) is 37.4 Å². The van der Waals surface area contributed by atoms with Gasteiger partial charge < -0.3 is 10.0 Å². The molecule has 1 aliphatic heterocycles. The number of nitrogens with zero attached hydrogens (tertiary/aromatic N) is 3. The van der Waals surface area contributed by atoms with Crippen LogP contribution in [0.15, 0.2) is 24.3 Å². The number of ketones is 1. The molecule has 0 bridgehead atoms. The van der Waals surface area contributed by atoms with E-state index < -0.39 is 0 Å². The van der Waals surface area contributed by atoms with Gasteiger partial charge in [0.05, 0.1) is 11.3 Å². The molecule has 5 heteroatoms. The number of phenols is 1. The summed E-state index contributed by atoms with van der Waals surface area (Å²) < 4.78 is 0. The van der Waals surface area contributed by atoms with Crippen molar-refractivity contribution in [1.29, 1.82) is 0 Å². The van der Waals surface area contributed by atoms with E-state index in [4.69, 9.17) is 9.97 Å². The first-order valence-electron chi connectivity index (χ1n) is 9.06. The van der Waals surface area contributed by atoms with Crippen molar-refractivity contribution in [3.63, 3.8) is 0 Å². The van der Waals surface area contributed by atoms with Gasteiger partial charge in [-0.05, 0) is 37.3 Å². The van der Waals surface area contributed by atoms with Crippen LogP contribution in [0, 0.1) is 5.92 Å². The second kappa shape index (κ2) is 6.47. The van der Waals surface area contributed by atoms with E-state index in [-0.39, 0.29) is 5.75 Å². The maximum Gasteiger partial charge on any atom is 0.165 e. The molecule has 1 saturated heterocycles. The quantitative estimate of drug-likeness (QED) is 0.912. The third-order valence-corrected chi connectivity index (χ3v) is 5.27. The average Bonchev–Trinajstić information content (AvgIpc) is 2.61. The van der Waals surface area contributed by atoms with Crippen molar-refractivity contribution in [2.75, 3.05) is 18.0 Å². The van der Waals surface area contributed by atoms with Gasteiger partial charge in [0, 0.05) is 31.5 Å². The Balaban J connectivity index is 1.81. The van der Waals surface area contributed by atoms with Gasteiger partial charge in [-0.3, -0.25) is 4.79 Å². The summed E-state index contributed by atoms with van der Waals surface area (Å²) in [5.74, 6) is 2.68. The second-order valence-corrected chi connectivity index (χ2v) is 7.19. The van der Waals surface area contributed by atoms with E-state index in [9.17, 15) is 9.90 Å². The largest absolute Gasteiger partial charge is 0.507 e. The van der Waals surface area contributed by atoms with E-state index in [1.807, 2.05) is 12.1 Å². The Morgan fingerprint density at radius 2 is 1.88 bits per heavy atom. The van der Waals surface area contributed by atoms with E-state index in [2.05, 4.69) is 11.8 Å². The summed E-state index contributed by atoms with van der Waals surface area (Å²) in [6.45, 7) is 3.69. The molecule has 0 radical (unpaired) electrons. The number of Topliss-reactive ketones (excluding diaryl/α,β-unsaturated/α-hetero) is 1. The van der Waals surface area contributed by atoms with Crippen LogP contribution in [-0.4, -0.2) is 33.9 Å². The standard InChI is InChI=1S/C20H23N3O2/c1-13-6-7-15-17(12-13)21-19(16-4-2-3-5-18(16)25)22-20(15)23-10-8-14(24)9-11-23/h2-5,13,25H,6-12H2,1H3. The number of aromatic nitrogens is 2. The number of phenolic OH excluding ortho intramolecular Hbond substituents is 1. The molecule has 1 atom stereocenters. The van der Waals surface area contributed by atoms with E-state index in [0.717, 1.165) is 43.9 Å². The number of hydrogen-bond donors (Lipinski definition) is 1. The molecule has 1 fully saturated rings. The van der Waals surface area contributed by atoms with Crippen LogP contribution in [0.3, 0.4) is 0 Å². The zero-order valence-corrected chi connectivity index (χ0v) is 14.5. The van der Waals surface area contributed by atoms with Gasteiger partial charge in [-0.2, -0.15) is 0 Å². The van der Waals surface area contributed by atoms with Gasteiger partial charge in [0.2, 0.25) is 0 Å². The lowest BCUT2D eigenvalue weighted by Crippen LogP contribution is -2.36.